The molecular weight excluding hydrogens is 406 g/mol. The number of aromatic nitrogens is 2. The molecule has 1 aromatic heterocycles. The molecule has 0 spiro atoms. The summed E-state index contributed by atoms with van der Waals surface area (Å²) < 4.78 is 11.4. The first-order chi connectivity index (χ1) is 14.5. The van der Waals surface area contributed by atoms with Gasteiger partial charge in [0.2, 0.25) is 11.9 Å². The minimum Gasteiger partial charge on any atom is -0.381 e. The molecule has 160 valence electrons. The van der Waals surface area contributed by atoms with Gasteiger partial charge in [-0.25, -0.2) is 4.98 Å². The van der Waals surface area contributed by atoms with Gasteiger partial charge in [-0.3, -0.25) is 4.79 Å². The molecule has 2 saturated heterocycles. The van der Waals surface area contributed by atoms with Crippen LogP contribution in [0.25, 0.3) is 0 Å². The van der Waals surface area contributed by atoms with Gasteiger partial charge >= 0.3 is 0 Å². The molecular formula is C21H26ClN5O3. The van der Waals surface area contributed by atoms with Gasteiger partial charge in [-0.2, -0.15) is 4.98 Å². The van der Waals surface area contributed by atoms with Gasteiger partial charge in [0.25, 0.3) is 0 Å². The van der Waals surface area contributed by atoms with E-state index in [4.69, 9.17) is 26.8 Å². The summed E-state index contributed by atoms with van der Waals surface area (Å²) in [6.45, 7) is 5.02. The van der Waals surface area contributed by atoms with Crippen LogP contribution in [0.1, 0.15) is 30.2 Å². The maximum absolute atomic E-state index is 12.3. The van der Waals surface area contributed by atoms with E-state index in [1.807, 2.05) is 25.1 Å². The molecule has 1 aromatic carbocycles. The number of rotatable bonds is 4. The standard InChI is InChI=1S/C21H26ClN5O3/c1-13-9-19(26-21(23)24-13)27-6-2-7-30-18(11-27)16-4-3-15(10-17(16)22)25-20(28)14-5-8-29-12-14/h3-4,9-10,14,18H,2,5-8,11-12H2,1H3,(H,25,28)(H2,23,24,26). The second-order valence-corrected chi connectivity index (χ2v) is 8.08. The van der Waals surface area contributed by atoms with Crippen molar-refractivity contribution in [2.45, 2.75) is 25.9 Å². The van der Waals surface area contributed by atoms with Crippen LogP contribution in [-0.4, -0.2) is 48.8 Å². The van der Waals surface area contributed by atoms with E-state index in [1.54, 1.807) is 6.07 Å². The third-order valence-electron chi connectivity index (χ3n) is 5.37. The molecule has 0 aliphatic carbocycles. The van der Waals surface area contributed by atoms with Gasteiger partial charge in [-0.15, -0.1) is 0 Å². The lowest BCUT2D eigenvalue weighted by molar-refractivity contribution is -0.119. The molecule has 2 fully saturated rings. The Morgan fingerprint density at radius 2 is 2.17 bits per heavy atom. The summed E-state index contributed by atoms with van der Waals surface area (Å²) >= 11 is 6.58. The summed E-state index contributed by atoms with van der Waals surface area (Å²) in [6, 6.07) is 7.47. The Bertz CT molecular complexity index is 899. The van der Waals surface area contributed by atoms with E-state index in [0.717, 1.165) is 36.5 Å². The summed E-state index contributed by atoms with van der Waals surface area (Å²) in [7, 11) is 0. The number of carbonyl (C=O) groups excluding carboxylic acids is 1. The van der Waals surface area contributed by atoms with Crippen LogP contribution in [0.15, 0.2) is 24.3 Å². The largest absolute Gasteiger partial charge is 0.381 e. The molecule has 2 unspecified atom stereocenters. The molecule has 8 nitrogen and oxygen atoms in total. The minimum atomic E-state index is -0.218. The quantitative estimate of drug-likeness (QED) is 0.767. The van der Waals surface area contributed by atoms with Crippen LogP contribution in [0.5, 0.6) is 0 Å². The maximum atomic E-state index is 12.3. The zero-order valence-corrected chi connectivity index (χ0v) is 17.7. The number of nitrogens with two attached hydrogens (primary N) is 1. The number of ether oxygens (including phenoxy) is 2. The Balaban J connectivity index is 1.49. The molecule has 2 aromatic rings. The third kappa shape index (κ3) is 4.83. The topological polar surface area (TPSA) is 103 Å². The second-order valence-electron chi connectivity index (χ2n) is 7.67. The van der Waals surface area contributed by atoms with Gasteiger partial charge in [-0.1, -0.05) is 17.7 Å². The van der Waals surface area contributed by atoms with Gasteiger partial charge in [0.15, 0.2) is 0 Å². The van der Waals surface area contributed by atoms with E-state index < -0.39 is 0 Å². The lowest BCUT2D eigenvalue weighted by atomic mass is 10.1. The van der Waals surface area contributed by atoms with E-state index in [0.29, 0.717) is 37.1 Å². The lowest BCUT2D eigenvalue weighted by Crippen LogP contribution is -2.29. The van der Waals surface area contributed by atoms with Crippen molar-refractivity contribution in [2.75, 3.05) is 48.9 Å². The SMILES string of the molecule is Cc1cc(N2CCCOC(c3ccc(NC(=O)C4CCOC4)cc3Cl)C2)nc(N)n1. The van der Waals surface area contributed by atoms with Gasteiger partial charge in [0.05, 0.1) is 12.5 Å². The average Bonchev–Trinajstić information content (AvgIpc) is 3.13. The lowest BCUT2D eigenvalue weighted by Gasteiger charge is -2.26. The Kier molecular flexibility index (Phi) is 6.36. The smallest absolute Gasteiger partial charge is 0.229 e. The van der Waals surface area contributed by atoms with Crippen molar-refractivity contribution < 1.29 is 14.3 Å². The molecule has 3 heterocycles. The zero-order chi connectivity index (χ0) is 21.1. The summed E-state index contributed by atoms with van der Waals surface area (Å²) in [5.74, 6) is 0.905. The number of hydrogen-bond donors (Lipinski definition) is 2. The van der Waals surface area contributed by atoms with E-state index in [1.165, 1.54) is 0 Å². The van der Waals surface area contributed by atoms with Gasteiger partial charge in [-0.05, 0) is 31.9 Å². The van der Waals surface area contributed by atoms with Crippen LogP contribution < -0.4 is 16.0 Å². The van der Waals surface area contributed by atoms with Crippen molar-refractivity contribution in [1.29, 1.82) is 0 Å². The second kappa shape index (κ2) is 9.16. The third-order valence-corrected chi connectivity index (χ3v) is 5.70. The fraction of sp³-hybridized carbons (Fsp3) is 0.476. The number of anilines is 3. The Labute approximate surface area is 180 Å². The predicted octanol–water partition coefficient (Wildman–Crippen LogP) is 2.96. The van der Waals surface area contributed by atoms with Crippen LogP contribution in [0.2, 0.25) is 5.02 Å². The van der Waals surface area contributed by atoms with E-state index >= 15 is 0 Å². The summed E-state index contributed by atoms with van der Waals surface area (Å²) in [5.41, 5.74) is 8.21. The number of nitrogens with zero attached hydrogens (tertiary/aromatic N) is 3. The van der Waals surface area contributed by atoms with Crippen LogP contribution in [0, 0.1) is 12.8 Å². The first-order valence-corrected chi connectivity index (χ1v) is 10.5. The van der Waals surface area contributed by atoms with Crippen LogP contribution in [0.3, 0.4) is 0 Å². The van der Waals surface area contributed by atoms with E-state index in [9.17, 15) is 4.79 Å². The van der Waals surface area contributed by atoms with Crippen molar-refractivity contribution in [3.05, 3.63) is 40.5 Å². The number of carbonyl (C=O) groups is 1. The van der Waals surface area contributed by atoms with E-state index in [2.05, 4.69) is 20.2 Å². The first-order valence-electron chi connectivity index (χ1n) is 10.2. The Morgan fingerprint density at radius 3 is 2.90 bits per heavy atom. The average molecular weight is 432 g/mol. The summed E-state index contributed by atoms with van der Waals surface area (Å²) in [5, 5.41) is 3.49. The van der Waals surface area contributed by atoms with Gasteiger partial charge in [0.1, 0.15) is 11.9 Å². The number of nitrogen functional groups attached to an aromatic ring is 1. The predicted molar refractivity (Wildman–Crippen MR) is 116 cm³/mol. The van der Waals surface area contributed by atoms with Crippen LogP contribution >= 0.6 is 11.6 Å². The van der Waals surface area contributed by atoms with E-state index in [-0.39, 0.29) is 23.9 Å². The maximum Gasteiger partial charge on any atom is 0.229 e. The number of hydrogen-bond acceptors (Lipinski definition) is 7. The summed E-state index contributed by atoms with van der Waals surface area (Å²) in [4.78, 5) is 23.0. The molecule has 0 radical (unpaired) electrons. The zero-order valence-electron chi connectivity index (χ0n) is 16.9. The molecule has 0 saturated carbocycles. The highest BCUT2D eigenvalue weighted by atomic mass is 35.5. The number of amides is 1. The highest BCUT2D eigenvalue weighted by Gasteiger charge is 2.26. The van der Waals surface area contributed by atoms with Crippen molar-refractivity contribution in [1.82, 2.24) is 9.97 Å². The Morgan fingerprint density at radius 1 is 1.30 bits per heavy atom. The molecule has 4 rings (SSSR count). The first kappa shape index (κ1) is 20.8. The van der Waals surface area contributed by atoms with Crippen LogP contribution in [0.4, 0.5) is 17.5 Å². The number of nitrogens with one attached hydrogen (secondary N) is 1. The van der Waals surface area contributed by atoms with Crippen LogP contribution in [-0.2, 0) is 14.3 Å². The normalized spacial score (nSPS) is 22.0. The highest BCUT2D eigenvalue weighted by molar-refractivity contribution is 6.31. The molecule has 2 atom stereocenters. The minimum absolute atomic E-state index is 0.0371. The number of benzene rings is 1. The molecule has 1 amide bonds. The monoisotopic (exact) mass is 431 g/mol. The molecule has 2 aliphatic rings. The number of halogens is 1. The molecule has 3 N–H and O–H groups in total. The molecule has 30 heavy (non-hydrogen) atoms. The number of aryl methyl sites for hydroxylation is 1. The Hall–Kier alpha value is -2.42. The van der Waals surface area contributed by atoms with Gasteiger partial charge < -0.3 is 25.4 Å². The van der Waals surface area contributed by atoms with Crippen molar-refractivity contribution in [3.8, 4) is 0 Å². The highest BCUT2D eigenvalue weighted by Crippen LogP contribution is 2.32. The fourth-order valence-electron chi connectivity index (χ4n) is 3.81. The van der Waals surface area contributed by atoms with Crippen molar-refractivity contribution >= 4 is 35.0 Å². The van der Waals surface area contributed by atoms with Crippen molar-refractivity contribution in [3.63, 3.8) is 0 Å². The molecule has 2 aliphatic heterocycles. The van der Waals surface area contributed by atoms with Crippen molar-refractivity contribution in [2.24, 2.45) is 5.92 Å². The fourth-order valence-corrected chi connectivity index (χ4v) is 4.11. The molecule has 0 bridgehead atoms. The van der Waals surface area contributed by atoms with Gasteiger partial charge in [0, 0.05) is 54.3 Å². The molecule has 9 heteroatoms. The summed E-state index contributed by atoms with van der Waals surface area (Å²) in [6.07, 6.45) is 1.40.